The second-order valence-electron chi connectivity index (χ2n) is 6.26. The maximum Gasteiger partial charge on any atom is 0.253 e. The van der Waals surface area contributed by atoms with Crippen LogP contribution >= 0.6 is 11.6 Å². The molecule has 0 saturated heterocycles. The third-order valence-corrected chi connectivity index (χ3v) is 4.57. The van der Waals surface area contributed by atoms with Crippen molar-refractivity contribution in [3.8, 4) is 0 Å². The fourth-order valence-electron chi connectivity index (χ4n) is 2.96. The number of amides is 2. The lowest BCUT2D eigenvalue weighted by Gasteiger charge is -2.25. The van der Waals surface area contributed by atoms with E-state index < -0.39 is 0 Å². The second kappa shape index (κ2) is 6.32. The van der Waals surface area contributed by atoms with E-state index in [-0.39, 0.29) is 11.8 Å². The molecule has 0 unspecified atom stereocenters. The number of hydrogen-bond donors (Lipinski definition) is 1. The summed E-state index contributed by atoms with van der Waals surface area (Å²) < 4.78 is 0. The zero-order valence-electron chi connectivity index (χ0n) is 14.0. The van der Waals surface area contributed by atoms with E-state index in [1.807, 2.05) is 17.0 Å². The van der Waals surface area contributed by atoms with Gasteiger partial charge in [0.15, 0.2) is 0 Å². The molecule has 2 amide bonds. The van der Waals surface area contributed by atoms with E-state index in [0.717, 1.165) is 35.1 Å². The molecule has 24 heavy (non-hydrogen) atoms. The van der Waals surface area contributed by atoms with Crippen molar-refractivity contribution in [2.45, 2.75) is 13.3 Å². The number of halogens is 1. The highest BCUT2D eigenvalue weighted by molar-refractivity contribution is 6.35. The number of aromatic nitrogens is 1. The van der Waals surface area contributed by atoms with Gasteiger partial charge in [-0.15, -0.1) is 0 Å². The first-order chi connectivity index (χ1) is 11.4. The van der Waals surface area contributed by atoms with Gasteiger partial charge in [0.1, 0.15) is 0 Å². The van der Waals surface area contributed by atoms with E-state index in [1.165, 1.54) is 4.90 Å². The van der Waals surface area contributed by atoms with Gasteiger partial charge in [-0.05, 0) is 30.2 Å². The fourth-order valence-corrected chi connectivity index (χ4v) is 3.24. The first-order valence-corrected chi connectivity index (χ1v) is 8.23. The number of hydrogen-bond acceptors (Lipinski definition) is 2. The van der Waals surface area contributed by atoms with Crippen LogP contribution in [0.4, 0.5) is 0 Å². The molecular formula is C18H20ClN3O2. The second-order valence-corrected chi connectivity index (χ2v) is 6.67. The Morgan fingerprint density at radius 3 is 2.67 bits per heavy atom. The summed E-state index contributed by atoms with van der Waals surface area (Å²) in [7, 11) is 3.43. The van der Waals surface area contributed by atoms with Crippen molar-refractivity contribution in [1.82, 2.24) is 14.8 Å². The van der Waals surface area contributed by atoms with Crippen LogP contribution in [0.25, 0.3) is 16.5 Å². The quantitative estimate of drug-likeness (QED) is 0.909. The van der Waals surface area contributed by atoms with Crippen molar-refractivity contribution in [2.75, 3.05) is 27.2 Å². The van der Waals surface area contributed by atoms with Crippen molar-refractivity contribution in [3.63, 3.8) is 0 Å². The zero-order valence-corrected chi connectivity index (χ0v) is 14.8. The molecule has 126 valence electrons. The number of H-pyrrole nitrogens is 1. The van der Waals surface area contributed by atoms with Gasteiger partial charge in [0, 0.05) is 50.8 Å². The largest absolute Gasteiger partial charge is 0.354 e. The molecule has 1 N–H and O–H groups in total. The minimum Gasteiger partial charge on any atom is -0.354 e. The molecule has 0 spiro atoms. The smallest absolute Gasteiger partial charge is 0.253 e. The van der Waals surface area contributed by atoms with Gasteiger partial charge in [-0.3, -0.25) is 9.59 Å². The van der Waals surface area contributed by atoms with Gasteiger partial charge in [0.2, 0.25) is 5.91 Å². The van der Waals surface area contributed by atoms with Crippen molar-refractivity contribution < 1.29 is 9.59 Å². The van der Waals surface area contributed by atoms with E-state index in [2.05, 4.69) is 11.1 Å². The lowest BCUT2D eigenvalue weighted by molar-refractivity contribution is -0.128. The predicted octanol–water partition coefficient (Wildman–Crippen LogP) is 3.16. The SMILES string of the molecule is CC(=O)N1CCC=C(c2cc3cc(C(=O)N(C)C)cc(Cl)c3[nH]2)C1. The zero-order chi connectivity index (χ0) is 17.4. The summed E-state index contributed by atoms with van der Waals surface area (Å²) in [6.45, 7) is 2.93. The van der Waals surface area contributed by atoms with Crippen LogP contribution in [0.15, 0.2) is 24.3 Å². The lowest BCUT2D eigenvalue weighted by Crippen LogP contribution is -2.33. The van der Waals surface area contributed by atoms with Gasteiger partial charge >= 0.3 is 0 Å². The van der Waals surface area contributed by atoms with Crippen molar-refractivity contribution >= 4 is 39.9 Å². The molecule has 1 aliphatic heterocycles. The summed E-state index contributed by atoms with van der Waals surface area (Å²) in [6.07, 6.45) is 2.98. The van der Waals surface area contributed by atoms with E-state index in [0.29, 0.717) is 17.1 Å². The lowest BCUT2D eigenvalue weighted by atomic mass is 10.1. The molecule has 2 heterocycles. The summed E-state index contributed by atoms with van der Waals surface area (Å²) in [6, 6.07) is 5.52. The maximum absolute atomic E-state index is 12.2. The minimum absolute atomic E-state index is 0.0774. The van der Waals surface area contributed by atoms with Crippen LogP contribution in [-0.2, 0) is 4.79 Å². The Labute approximate surface area is 145 Å². The number of nitrogens with one attached hydrogen (secondary N) is 1. The van der Waals surface area contributed by atoms with Crippen molar-refractivity contribution in [3.05, 3.63) is 40.6 Å². The molecule has 1 aromatic carbocycles. The number of aromatic amines is 1. The summed E-state index contributed by atoms with van der Waals surface area (Å²) in [5, 5.41) is 1.41. The van der Waals surface area contributed by atoms with Crippen LogP contribution in [0, 0.1) is 0 Å². The van der Waals surface area contributed by atoms with Crippen LogP contribution < -0.4 is 0 Å². The highest BCUT2D eigenvalue weighted by Crippen LogP contribution is 2.30. The predicted molar refractivity (Wildman–Crippen MR) is 96.2 cm³/mol. The summed E-state index contributed by atoms with van der Waals surface area (Å²) in [5.74, 6) is -0.00482. The van der Waals surface area contributed by atoms with E-state index >= 15 is 0 Å². The Hall–Kier alpha value is -2.27. The normalized spacial score (nSPS) is 14.7. The third kappa shape index (κ3) is 3.04. The summed E-state index contributed by atoms with van der Waals surface area (Å²) >= 11 is 6.36. The number of fused-ring (bicyclic) bond motifs is 1. The number of nitrogens with zero attached hydrogens (tertiary/aromatic N) is 2. The van der Waals surface area contributed by atoms with Gasteiger partial charge in [0.05, 0.1) is 10.5 Å². The first-order valence-electron chi connectivity index (χ1n) is 7.85. The molecule has 0 radical (unpaired) electrons. The Balaban J connectivity index is 2.00. The molecule has 0 fully saturated rings. The number of carbonyl (C=O) groups excluding carboxylic acids is 2. The number of benzene rings is 1. The maximum atomic E-state index is 12.2. The Morgan fingerprint density at radius 2 is 2.00 bits per heavy atom. The van der Waals surface area contributed by atoms with E-state index in [4.69, 9.17) is 11.6 Å². The fraction of sp³-hybridized carbons (Fsp3) is 0.333. The average Bonchev–Trinajstić information content (AvgIpc) is 2.98. The van der Waals surface area contributed by atoms with Crippen LogP contribution in [0.5, 0.6) is 0 Å². The molecule has 2 aromatic rings. The highest BCUT2D eigenvalue weighted by atomic mass is 35.5. The molecule has 0 aliphatic carbocycles. The number of rotatable bonds is 2. The molecule has 0 saturated carbocycles. The van der Waals surface area contributed by atoms with Gasteiger partial charge < -0.3 is 14.8 Å². The van der Waals surface area contributed by atoms with Crippen LogP contribution in [-0.4, -0.2) is 53.8 Å². The highest BCUT2D eigenvalue weighted by Gasteiger charge is 2.19. The Kier molecular flexibility index (Phi) is 4.37. The van der Waals surface area contributed by atoms with Gasteiger partial charge in [-0.25, -0.2) is 0 Å². The molecule has 1 aliphatic rings. The average molecular weight is 346 g/mol. The van der Waals surface area contributed by atoms with E-state index in [9.17, 15) is 9.59 Å². The molecule has 5 nitrogen and oxygen atoms in total. The van der Waals surface area contributed by atoms with Gasteiger partial charge in [-0.1, -0.05) is 17.7 Å². The Bertz CT molecular complexity index is 851. The minimum atomic E-state index is -0.0822. The van der Waals surface area contributed by atoms with Crippen molar-refractivity contribution in [2.24, 2.45) is 0 Å². The van der Waals surface area contributed by atoms with E-state index in [1.54, 1.807) is 27.1 Å². The van der Waals surface area contributed by atoms with Crippen molar-refractivity contribution in [1.29, 1.82) is 0 Å². The molecular weight excluding hydrogens is 326 g/mol. The number of carbonyl (C=O) groups is 2. The molecule has 0 bridgehead atoms. The Morgan fingerprint density at radius 1 is 1.25 bits per heavy atom. The van der Waals surface area contributed by atoms with Crippen LogP contribution in [0.3, 0.4) is 0 Å². The molecule has 6 heteroatoms. The standard InChI is InChI=1S/C18H20ClN3O2/c1-11(23)22-6-4-5-12(10-22)16-9-13-7-14(18(24)21(2)3)8-15(19)17(13)20-16/h5,7-9,20H,4,6,10H2,1-3H3. The molecule has 3 rings (SSSR count). The monoisotopic (exact) mass is 345 g/mol. The molecule has 0 atom stereocenters. The molecule has 1 aromatic heterocycles. The summed E-state index contributed by atoms with van der Waals surface area (Å²) in [5.41, 5.74) is 3.38. The van der Waals surface area contributed by atoms with Crippen LogP contribution in [0.2, 0.25) is 5.02 Å². The van der Waals surface area contributed by atoms with Gasteiger partial charge in [-0.2, -0.15) is 0 Å². The topological polar surface area (TPSA) is 56.4 Å². The van der Waals surface area contributed by atoms with Crippen LogP contribution in [0.1, 0.15) is 29.4 Å². The first kappa shape index (κ1) is 16.6. The summed E-state index contributed by atoms with van der Waals surface area (Å²) in [4.78, 5) is 30.5. The van der Waals surface area contributed by atoms with Gasteiger partial charge in [0.25, 0.3) is 5.91 Å². The third-order valence-electron chi connectivity index (χ3n) is 4.28.